The van der Waals surface area contributed by atoms with Crippen LogP contribution in [-0.4, -0.2) is 35.1 Å². The Labute approximate surface area is 170 Å². The van der Waals surface area contributed by atoms with Crippen molar-refractivity contribution >= 4 is 17.5 Å². The summed E-state index contributed by atoms with van der Waals surface area (Å²) < 4.78 is 49.6. The normalized spacial score (nSPS) is 20.2. The molecule has 2 aromatic rings. The summed E-state index contributed by atoms with van der Waals surface area (Å²) in [6.07, 6.45) is 0.538. The predicted octanol–water partition coefficient (Wildman–Crippen LogP) is 3.21. The Bertz CT molecular complexity index is 968. The van der Waals surface area contributed by atoms with Gasteiger partial charge in [-0.1, -0.05) is 6.07 Å². The number of halogens is 3. The maximum absolute atomic E-state index is 13.6. The second kappa shape index (κ2) is 8.31. The maximum Gasteiger partial charge on any atom is 0.387 e. The van der Waals surface area contributed by atoms with Crippen molar-refractivity contribution in [3.63, 3.8) is 0 Å². The molecule has 1 aromatic carbocycles. The van der Waals surface area contributed by atoms with Crippen molar-refractivity contribution in [1.82, 2.24) is 4.98 Å². The van der Waals surface area contributed by atoms with Crippen molar-refractivity contribution in [2.75, 3.05) is 5.32 Å². The van der Waals surface area contributed by atoms with Crippen LogP contribution in [0.4, 0.5) is 18.9 Å². The maximum atomic E-state index is 13.6. The molecule has 2 amide bonds. The van der Waals surface area contributed by atoms with Gasteiger partial charge < -0.3 is 20.5 Å². The zero-order valence-corrected chi connectivity index (χ0v) is 16.2. The summed E-state index contributed by atoms with van der Waals surface area (Å²) in [6, 6.07) is 6.03. The van der Waals surface area contributed by atoms with Crippen molar-refractivity contribution in [3.05, 3.63) is 53.6 Å². The van der Waals surface area contributed by atoms with E-state index >= 15 is 0 Å². The van der Waals surface area contributed by atoms with Gasteiger partial charge in [0, 0.05) is 29.4 Å². The number of carbonyl (C=O) groups is 2. The number of rotatable bonds is 6. The van der Waals surface area contributed by atoms with Crippen molar-refractivity contribution < 1.29 is 32.2 Å². The molecule has 7 nitrogen and oxygen atoms in total. The first-order valence-electron chi connectivity index (χ1n) is 9.04. The number of hydrogen-bond donors (Lipinski definition) is 2. The molecule has 0 bridgehead atoms. The molecule has 3 rings (SSSR count). The Hall–Kier alpha value is -3.14. The first-order valence-corrected chi connectivity index (χ1v) is 9.04. The van der Waals surface area contributed by atoms with Crippen molar-refractivity contribution in [1.29, 1.82) is 0 Å². The molecule has 1 aliphatic rings. The van der Waals surface area contributed by atoms with Crippen LogP contribution in [0.3, 0.4) is 0 Å². The molecule has 1 aliphatic heterocycles. The minimum absolute atomic E-state index is 0.0387. The molecule has 3 N–H and O–H groups in total. The summed E-state index contributed by atoms with van der Waals surface area (Å²) in [6.45, 7) is 0.349. The minimum Gasteiger partial charge on any atom is -0.434 e. The Morgan fingerprint density at radius 2 is 2.03 bits per heavy atom. The van der Waals surface area contributed by atoms with Crippen LogP contribution < -0.4 is 15.8 Å². The monoisotopic (exact) mass is 423 g/mol. The van der Waals surface area contributed by atoms with Crippen molar-refractivity contribution in [2.45, 2.75) is 44.5 Å². The minimum atomic E-state index is -3.16. The number of pyridine rings is 1. The number of aromatic nitrogens is 1. The van der Waals surface area contributed by atoms with Gasteiger partial charge >= 0.3 is 6.61 Å². The molecule has 0 radical (unpaired) electrons. The molecule has 0 spiro atoms. The highest BCUT2D eigenvalue weighted by atomic mass is 19.3. The fourth-order valence-electron chi connectivity index (χ4n) is 3.49. The number of benzene rings is 1. The topological polar surface area (TPSA) is 104 Å². The van der Waals surface area contributed by atoms with Gasteiger partial charge in [-0.15, -0.1) is 0 Å². The first kappa shape index (κ1) is 21.6. The highest BCUT2D eigenvalue weighted by Gasteiger charge is 2.46. The van der Waals surface area contributed by atoms with Crippen molar-refractivity contribution in [3.8, 4) is 5.75 Å². The van der Waals surface area contributed by atoms with E-state index in [4.69, 9.17) is 10.5 Å². The molecule has 1 saturated heterocycles. The van der Waals surface area contributed by atoms with Crippen LogP contribution in [-0.2, 0) is 9.53 Å². The number of anilines is 1. The van der Waals surface area contributed by atoms with Gasteiger partial charge in [0.1, 0.15) is 23.4 Å². The SMILES string of the molecule is CC1(C)C[C@H](c2ccc(F)cc2OC(F)F)[C@@H](C(=O)Nc2ccnc(C(N)=O)c2)O1. The number of primary amides is 1. The Kier molecular flexibility index (Phi) is 5.97. The lowest BCUT2D eigenvalue weighted by atomic mass is 9.87. The van der Waals surface area contributed by atoms with Gasteiger partial charge in [0.05, 0.1) is 5.60 Å². The van der Waals surface area contributed by atoms with Gasteiger partial charge in [-0.2, -0.15) is 8.78 Å². The van der Waals surface area contributed by atoms with Crippen LogP contribution in [0.5, 0.6) is 5.75 Å². The number of ether oxygens (including phenoxy) is 2. The molecule has 1 fully saturated rings. The molecule has 0 unspecified atom stereocenters. The largest absolute Gasteiger partial charge is 0.434 e. The molecule has 1 aromatic heterocycles. The standard InChI is InChI=1S/C20H20F3N3O4/c1-20(2)9-13(12-4-3-10(21)7-15(12)29-19(22)23)16(30-20)18(28)26-11-5-6-25-14(8-11)17(24)27/h3-8,13,16,19H,9H2,1-2H3,(H2,24,27)(H,25,26,28)/t13-,16+/m1/s1. The smallest absolute Gasteiger partial charge is 0.387 e. The molecule has 2 heterocycles. The number of amides is 2. The summed E-state index contributed by atoms with van der Waals surface area (Å²) in [7, 11) is 0. The number of nitrogens with two attached hydrogens (primary N) is 1. The summed E-state index contributed by atoms with van der Waals surface area (Å²) in [5, 5.41) is 2.61. The first-order chi connectivity index (χ1) is 14.1. The summed E-state index contributed by atoms with van der Waals surface area (Å²) in [5.41, 5.74) is 4.90. The molecular formula is C20H20F3N3O4. The number of nitrogens with one attached hydrogen (secondary N) is 1. The third-order valence-corrected chi connectivity index (χ3v) is 4.65. The van der Waals surface area contributed by atoms with E-state index in [-0.39, 0.29) is 22.7 Å². The number of alkyl halides is 2. The van der Waals surface area contributed by atoms with E-state index in [0.717, 1.165) is 12.1 Å². The van der Waals surface area contributed by atoms with E-state index in [2.05, 4.69) is 15.0 Å². The fourth-order valence-corrected chi connectivity index (χ4v) is 3.49. The van der Waals surface area contributed by atoms with Gasteiger partial charge in [0.25, 0.3) is 11.8 Å². The quantitative estimate of drug-likeness (QED) is 0.743. The third kappa shape index (κ3) is 4.88. The van der Waals surface area contributed by atoms with Crippen molar-refractivity contribution in [2.24, 2.45) is 5.73 Å². The average Bonchev–Trinajstić information content (AvgIpc) is 2.97. The van der Waals surface area contributed by atoms with Crippen LogP contribution in [0, 0.1) is 5.82 Å². The number of nitrogens with zero attached hydrogens (tertiary/aromatic N) is 1. The number of hydrogen-bond acceptors (Lipinski definition) is 5. The molecular weight excluding hydrogens is 403 g/mol. The Morgan fingerprint density at radius 1 is 1.30 bits per heavy atom. The van der Waals surface area contributed by atoms with E-state index in [1.165, 1.54) is 24.4 Å². The Balaban J connectivity index is 1.91. The van der Waals surface area contributed by atoms with Gasteiger partial charge in [-0.05, 0) is 38.5 Å². The fraction of sp³-hybridized carbons (Fsp3) is 0.350. The number of carbonyl (C=O) groups excluding carboxylic acids is 2. The molecule has 0 aliphatic carbocycles. The van der Waals surface area contributed by atoms with E-state index < -0.39 is 41.9 Å². The van der Waals surface area contributed by atoms with Gasteiger partial charge in [0.2, 0.25) is 0 Å². The van der Waals surface area contributed by atoms with Crippen LogP contribution in [0.1, 0.15) is 42.2 Å². The molecule has 30 heavy (non-hydrogen) atoms. The average molecular weight is 423 g/mol. The van der Waals surface area contributed by atoms with E-state index in [1.54, 1.807) is 13.8 Å². The highest BCUT2D eigenvalue weighted by Crippen LogP contribution is 2.44. The van der Waals surface area contributed by atoms with Crippen LogP contribution in [0.2, 0.25) is 0 Å². The highest BCUT2D eigenvalue weighted by molar-refractivity contribution is 5.97. The second-order valence-electron chi connectivity index (χ2n) is 7.45. The van der Waals surface area contributed by atoms with Crippen LogP contribution >= 0.6 is 0 Å². The summed E-state index contributed by atoms with van der Waals surface area (Å²) in [4.78, 5) is 28.0. The van der Waals surface area contributed by atoms with Gasteiger partial charge in [0.15, 0.2) is 0 Å². The predicted molar refractivity (Wildman–Crippen MR) is 101 cm³/mol. The van der Waals surface area contributed by atoms with E-state index in [9.17, 15) is 22.8 Å². The van der Waals surface area contributed by atoms with E-state index in [1.807, 2.05) is 0 Å². The lowest BCUT2D eigenvalue weighted by Crippen LogP contribution is -2.33. The Morgan fingerprint density at radius 3 is 2.70 bits per heavy atom. The summed E-state index contributed by atoms with van der Waals surface area (Å²) >= 11 is 0. The second-order valence-corrected chi connectivity index (χ2v) is 7.45. The summed E-state index contributed by atoms with van der Waals surface area (Å²) in [5.74, 6) is -3.10. The molecule has 10 heteroatoms. The van der Waals surface area contributed by atoms with Gasteiger partial charge in [-0.3, -0.25) is 14.6 Å². The molecule has 160 valence electrons. The zero-order valence-electron chi connectivity index (χ0n) is 16.2. The third-order valence-electron chi connectivity index (χ3n) is 4.65. The lowest BCUT2D eigenvalue weighted by Gasteiger charge is -2.21. The molecule has 2 atom stereocenters. The van der Waals surface area contributed by atoms with Crippen LogP contribution in [0.15, 0.2) is 36.5 Å². The zero-order chi connectivity index (χ0) is 22.1. The van der Waals surface area contributed by atoms with Gasteiger partial charge in [-0.25, -0.2) is 4.39 Å². The van der Waals surface area contributed by atoms with Crippen LogP contribution in [0.25, 0.3) is 0 Å². The van der Waals surface area contributed by atoms with E-state index in [0.29, 0.717) is 6.42 Å². The lowest BCUT2D eigenvalue weighted by molar-refractivity contribution is -0.130. The molecule has 0 saturated carbocycles.